The molecule has 9 rings (SSSR count). The second-order valence-electron chi connectivity index (χ2n) is 15.0. The molecule has 0 bridgehead atoms. The van der Waals surface area contributed by atoms with Crippen molar-refractivity contribution in [3.63, 3.8) is 0 Å². The van der Waals surface area contributed by atoms with Crippen molar-refractivity contribution in [2.45, 2.75) is 30.4 Å². The Kier molecular flexibility index (Phi) is 8.87. The third-order valence-electron chi connectivity index (χ3n) is 12.1. The Hall–Kier alpha value is -6.25. The molecule has 3 N–H and O–H groups in total. The average molecular weight is 842 g/mol. The number of anilines is 2. The number of rotatable bonds is 6. The van der Waals surface area contributed by atoms with Gasteiger partial charge in [-0.05, 0) is 77.6 Å². The maximum atomic E-state index is 15.5. The van der Waals surface area contributed by atoms with Crippen molar-refractivity contribution in [1.82, 2.24) is 9.99 Å². The fraction of sp³-hybridized carbons (Fsp3) is 0.209. The number of aromatic nitrogens is 1. The number of carboxylic acid groups (broad SMARTS) is 1. The lowest BCUT2D eigenvalue weighted by molar-refractivity contribution is -0.139. The van der Waals surface area contributed by atoms with Gasteiger partial charge in [-0.1, -0.05) is 83.4 Å². The molecule has 5 aromatic rings. The number of hydrogen-bond donors (Lipinski definition) is 3. The van der Waals surface area contributed by atoms with Crippen molar-refractivity contribution in [3.8, 4) is 5.75 Å². The Labute approximate surface area is 342 Å². The number of amides is 4. The Balaban J connectivity index is 1.26. The van der Waals surface area contributed by atoms with Crippen LogP contribution >= 0.6 is 23.2 Å². The average Bonchev–Trinajstić information content (AvgIpc) is 3.59. The molecule has 0 unspecified atom stereocenters. The first kappa shape index (κ1) is 38.3. The molecule has 16 heteroatoms. The van der Waals surface area contributed by atoms with Crippen molar-refractivity contribution in [3.05, 3.63) is 141 Å². The molecule has 4 amide bonds. The highest BCUT2D eigenvalue weighted by molar-refractivity contribution is 6.33. The second-order valence-corrected chi connectivity index (χ2v) is 15.8. The van der Waals surface area contributed by atoms with Crippen LogP contribution in [0, 0.1) is 23.7 Å². The molecule has 0 radical (unpaired) electrons. The summed E-state index contributed by atoms with van der Waals surface area (Å²) in [6.45, 7) is 0. The lowest BCUT2D eigenvalue weighted by Crippen LogP contribution is -2.53. The quantitative estimate of drug-likeness (QED) is 0.113. The number of phenolic OH excluding ortho intramolecular Hbond substituents is 1. The van der Waals surface area contributed by atoms with E-state index in [1.807, 2.05) is 6.07 Å². The molecule has 59 heavy (non-hydrogen) atoms. The van der Waals surface area contributed by atoms with Gasteiger partial charge in [-0.2, -0.15) is 18.2 Å². The van der Waals surface area contributed by atoms with Gasteiger partial charge in [0.15, 0.2) is 5.82 Å². The van der Waals surface area contributed by atoms with Gasteiger partial charge in [-0.15, -0.1) is 0 Å². The highest BCUT2D eigenvalue weighted by Gasteiger charge is 2.71. The summed E-state index contributed by atoms with van der Waals surface area (Å²) in [5, 5.41) is 23.3. The molecule has 6 atom stereocenters. The molecule has 0 spiro atoms. The van der Waals surface area contributed by atoms with E-state index in [4.69, 9.17) is 23.2 Å². The number of fused-ring (bicyclic) bond motifs is 5. The molecule has 4 aliphatic rings. The summed E-state index contributed by atoms with van der Waals surface area (Å²) in [5.74, 6) is -10.1. The highest BCUT2D eigenvalue weighted by atomic mass is 35.5. The third-order valence-corrected chi connectivity index (χ3v) is 12.7. The largest absolute Gasteiger partial charge is 0.508 e. The Bertz CT molecular complexity index is 2710. The van der Waals surface area contributed by atoms with Gasteiger partial charge in [0.2, 0.25) is 11.8 Å². The van der Waals surface area contributed by atoms with Crippen LogP contribution in [0.25, 0.3) is 10.8 Å². The molecule has 2 aliphatic heterocycles. The van der Waals surface area contributed by atoms with E-state index < -0.39 is 87.2 Å². The topological polar surface area (TPSA) is 157 Å². The Morgan fingerprint density at radius 3 is 2.34 bits per heavy atom. The molecule has 11 nitrogen and oxygen atoms in total. The summed E-state index contributed by atoms with van der Waals surface area (Å²) < 4.78 is 40.7. The van der Waals surface area contributed by atoms with Gasteiger partial charge in [-0.25, -0.2) is 9.78 Å². The zero-order chi connectivity index (χ0) is 41.7. The van der Waals surface area contributed by atoms with Gasteiger partial charge in [0, 0.05) is 22.7 Å². The van der Waals surface area contributed by atoms with Crippen molar-refractivity contribution in [2.24, 2.45) is 23.7 Å². The summed E-state index contributed by atoms with van der Waals surface area (Å²) >= 11 is 12.7. The van der Waals surface area contributed by atoms with Crippen LogP contribution in [0.15, 0.2) is 109 Å². The lowest BCUT2D eigenvalue weighted by atomic mass is 9.48. The van der Waals surface area contributed by atoms with Crippen LogP contribution in [-0.2, 0) is 30.8 Å². The Morgan fingerprint density at radius 2 is 1.63 bits per heavy atom. The summed E-state index contributed by atoms with van der Waals surface area (Å²) in [6, 6.07) is 22.6. The number of nitrogens with zero attached hydrogens (tertiary/aromatic N) is 3. The third kappa shape index (κ3) is 5.71. The van der Waals surface area contributed by atoms with Crippen LogP contribution in [-0.4, -0.2) is 49.8 Å². The molecule has 3 fully saturated rings. The predicted molar refractivity (Wildman–Crippen MR) is 208 cm³/mol. The molecular formula is C43H29Cl2F3N4O7. The number of allylic oxidation sites excluding steroid dienone is 2. The number of alkyl halides is 3. The zero-order valence-corrected chi connectivity index (χ0v) is 31.8. The van der Waals surface area contributed by atoms with E-state index in [0.717, 1.165) is 4.90 Å². The number of imide groups is 2. The van der Waals surface area contributed by atoms with Crippen LogP contribution in [0.5, 0.6) is 5.75 Å². The van der Waals surface area contributed by atoms with Gasteiger partial charge in [0.05, 0.1) is 45.0 Å². The van der Waals surface area contributed by atoms with Gasteiger partial charge in [0.25, 0.3) is 11.8 Å². The number of aromatic carboxylic acids is 1. The number of nitrogens with one attached hydrogen (secondary N) is 1. The number of carbonyl (C=O) groups is 5. The number of aromatic hydroxyl groups is 1. The van der Waals surface area contributed by atoms with Crippen molar-refractivity contribution in [2.75, 3.05) is 10.3 Å². The zero-order valence-electron chi connectivity index (χ0n) is 30.3. The number of hydrazine groups is 1. The SMILES string of the molecule is O=C(O)c1cccc(N2C(=O)[C@H]3[C@H](CC=C4[C@H]3C[C@H]3C(=O)N(Nc5ncc(C(F)(F)F)cc5Cl)C(=O)[C@@]3(c3ccc(Cl)cc3)[C@H]4c3c(O)ccc4ccccc34)C2=O)c1. The number of hydrogen-bond acceptors (Lipinski definition) is 8. The van der Waals surface area contributed by atoms with Crippen LogP contribution in [0.1, 0.15) is 45.8 Å². The van der Waals surface area contributed by atoms with E-state index in [1.165, 1.54) is 30.3 Å². The number of carbonyl (C=O) groups excluding carboxylic acids is 4. The fourth-order valence-corrected chi connectivity index (χ4v) is 10.1. The van der Waals surface area contributed by atoms with E-state index in [1.54, 1.807) is 54.6 Å². The van der Waals surface area contributed by atoms with Crippen molar-refractivity contribution in [1.29, 1.82) is 0 Å². The van der Waals surface area contributed by atoms with Crippen LogP contribution < -0.4 is 10.3 Å². The maximum Gasteiger partial charge on any atom is 0.417 e. The molecule has 2 saturated heterocycles. The minimum atomic E-state index is -4.79. The van der Waals surface area contributed by atoms with E-state index in [2.05, 4.69) is 10.4 Å². The van der Waals surface area contributed by atoms with Gasteiger partial charge < -0.3 is 10.2 Å². The van der Waals surface area contributed by atoms with E-state index in [-0.39, 0.29) is 35.4 Å². The number of pyridine rings is 1. The standard InChI is InChI=1S/C43H29Cl2F3N4O7/c44-24-11-9-22(10-12-24)42-30(38(55)52(41(42)59)50-36-31(45)17-23(19-49-36)43(46,47)48)18-29-27(35(42)34-26-7-2-1-4-20(26)8-15-32(34)53)13-14-28-33(29)39(56)51(37(28)54)25-6-3-5-21(16-25)40(57)58/h1-13,15-17,19,28-30,33,35,53H,14,18H2,(H,49,50)(H,57,58)/t28-,29+,30-,33-,35+,42+/m0/s1. The van der Waals surface area contributed by atoms with E-state index >= 15 is 9.59 Å². The minimum Gasteiger partial charge on any atom is -0.508 e. The monoisotopic (exact) mass is 840 g/mol. The minimum absolute atomic E-state index is 0.0365. The predicted octanol–water partition coefficient (Wildman–Crippen LogP) is 8.15. The molecule has 4 aromatic carbocycles. The molecule has 1 aromatic heterocycles. The van der Waals surface area contributed by atoms with Crippen LogP contribution in [0.4, 0.5) is 24.7 Å². The van der Waals surface area contributed by atoms with Gasteiger partial charge >= 0.3 is 12.1 Å². The van der Waals surface area contributed by atoms with Crippen LogP contribution in [0.3, 0.4) is 0 Å². The maximum absolute atomic E-state index is 15.5. The normalized spacial score (nSPS) is 25.2. The number of carboxylic acids is 1. The van der Waals surface area contributed by atoms with Crippen molar-refractivity contribution < 1.29 is 47.4 Å². The number of halogens is 5. The Morgan fingerprint density at radius 1 is 0.881 bits per heavy atom. The first-order chi connectivity index (χ1) is 28.1. The van der Waals surface area contributed by atoms with E-state index in [9.17, 15) is 37.8 Å². The molecule has 1 saturated carbocycles. The summed E-state index contributed by atoms with van der Waals surface area (Å²) in [4.78, 5) is 76.1. The first-order valence-corrected chi connectivity index (χ1v) is 19.1. The van der Waals surface area contributed by atoms with Crippen molar-refractivity contribution >= 4 is 75.1 Å². The summed E-state index contributed by atoms with van der Waals surface area (Å²) in [5.41, 5.74) is 0.587. The van der Waals surface area contributed by atoms with Gasteiger partial charge in [-0.3, -0.25) is 29.5 Å². The lowest BCUT2D eigenvalue weighted by Gasteiger charge is -2.51. The van der Waals surface area contributed by atoms with Gasteiger partial charge in [0.1, 0.15) is 5.75 Å². The molecule has 3 heterocycles. The summed E-state index contributed by atoms with van der Waals surface area (Å²) in [6.07, 6.45) is -2.61. The number of benzene rings is 4. The smallest absolute Gasteiger partial charge is 0.417 e. The number of phenols is 1. The fourth-order valence-electron chi connectivity index (χ4n) is 9.72. The van der Waals surface area contributed by atoms with Crippen LogP contribution in [0.2, 0.25) is 10.0 Å². The second kappa shape index (κ2) is 13.7. The van der Waals surface area contributed by atoms with E-state index in [0.29, 0.717) is 44.2 Å². The molecular weight excluding hydrogens is 812 g/mol. The molecule has 2 aliphatic carbocycles. The highest BCUT2D eigenvalue weighted by Crippen LogP contribution is 2.65. The summed E-state index contributed by atoms with van der Waals surface area (Å²) in [7, 11) is 0. The molecule has 298 valence electrons. The first-order valence-electron chi connectivity index (χ1n) is 18.4.